The summed E-state index contributed by atoms with van der Waals surface area (Å²) in [5, 5.41) is 9.33. The molecule has 1 aliphatic carbocycles. The molecule has 1 rings (SSSR count). The summed E-state index contributed by atoms with van der Waals surface area (Å²) >= 11 is 0. The van der Waals surface area contributed by atoms with Crippen LogP contribution >= 0.6 is 0 Å². The number of rotatable bonds is 8. The van der Waals surface area contributed by atoms with Gasteiger partial charge < -0.3 is 10.8 Å². The fourth-order valence-electron chi connectivity index (χ4n) is 3.50. The van der Waals surface area contributed by atoms with Crippen molar-refractivity contribution in [2.24, 2.45) is 17.6 Å². The minimum Gasteiger partial charge on any atom is -0.396 e. The van der Waals surface area contributed by atoms with E-state index in [1.54, 1.807) is 0 Å². The molecule has 1 atom stereocenters. The van der Waals surface area contributed by atoms with Crippen LogP contribution in [-0.4, -0.2) is 41.8 Å². The van der Waals surface area contributed by atoms with E-state index in [1.807, 2.05) is 0 Å². The maximum absolute atomic E-state index is 9.33. The van der Waals surface area contributed by atoms with Crippen LogP contribution in [-0.2, 0) is 0 Å². The molecule has 0 amide bonds. The van der Waals surface area contributed by atoms with E-state index in [1.165, 1.54) is 32.1 Å². The van der Waals surface area contributed by atoms with Gasteiger partial charge in [0.25, 0.3) is 0 Å². The molecule has 0 spiro atoms. The predicted molar refractivity (Wildman–Crippen MR) is 82.1 cm³/mol. The lowest BCUT2D eigenvalue weighted by Gasteiger charge is -2.48. The molecule has 114 valence electrons. The van der Waals surface area contributed by atoms with Crippen molar-refractivity contribution in [3.8, 4) is 0 Å². The maximum Gasteiger partial charge on any atom is 0.0468 e. The zero-order valence-corrected chi connectivity index (χ0v) is 13.2. The Bertz CT molecular complexity index is 237. The van der Waals surface area contributed by atoms with Crippen molar-refractivity contribution in [1.82, 2.24) is 4.90 Å². The molecule has 0 saturated heterocycles. The highest BCUT2D eigenvalue weighted by atomic mass is 16.3. The molecule has 0 aromatic carbocycles. The summed E-state index contributed by atoms with van der Waals surface area (Å²) in [6.45, 7) is 9.80. The molecular weight excluding hydrogens is 236 g/mol. The zero-order valence-electron chi connectivity index (χ0n) is 13.2. The quantitative estimate of drug-likeness (QED) is 0.713. The second kappa shape index (κ2) is 8.23. The Kier molecular flexibility index (Phi) is 7.33. The first kappa shape index (κ1) is 16.9. The van der Waals surface area contributed by atoms with Crippen molar-refractivity contribution in [1.29, 1.82) is 0 Å². The molecule has 1 saturated carbocycles. The van der Waals surface area contributed by atoms with Crippen LogP contribution in [0, 0.1) is 11.8 Å². The lowest BCUT2D eigenvalue weighted by atomic mass is 9.74. The van der Waals surface area contributed by atoms with Crippen LogP contribution in [0.25, 0.3) is 0 Å². The zero-order chi connectivity index (χ0) is 14.3. The van der Waals surface area contributed by atoms with Crippen LogP contribution in [0.2, 0.25) is 0 Å². The standard InChI is InChI=1S/C16H34N2O/c1-4-10-18(11-14(3)12-19)16(13-17)8-6-15(5-2)7-9-16/h14-15,19H,4-13,17H2,1-3H3. The van der Waals surface area contributed by atoms with E-state index in [9.17, 15) is 5.11 Å². The number of aliphatic hydroxyl groups excluding tert-OH is 1. The molecule has 1 aliphatic rings. The third kappa shape index (κ3) is 4.44. The monoisotopic (exact) mass is 270 g/mol. The van der Waals surface area contributed by atoms with Gasteiger partial charge in [0.15, 0.2) is 0 Å². The summed E-state index contributed by atoms with van der Waals surface area (Å²) in [6.07, 6.45) is 7.59. The summed E-state index contributed by atoms with van der Waals surface area (Å²) in [4.78, 5) is 2.58. The van der Waals surface area contributed by atoms with Crippen LogP contribution in [0.15, 0.2) is 0 Å². The SMILES string of the molecule is CCCN(CC(C)CO)C1(CN)CCC(CC)CC1. The highest BCUT2D eigenvalue weighted by Gasteiger charge is 2.38. The van der Waals surface area contributed by atoms with Crippen molar-refractivity contribution in [2.45, 2.75) is 64.8 Å². The molecule has 3 N–H and O–H groups in total. The minimum atomic E-state index is 0.200. The van der Waals surface area contributed by atoms with Gasteiger partial charge in [-0.2, -0.15) is 0 Å². The lowest BCUT2D eigenvalue weighted by Crippen LogP contribution is -2.57. The molecule has 0 bridgehead atoms. The summed E-state index contributed by atoms with van der Waals surface area (Å²) in [5.41, 5.74) is 6.37. The van der Waals surface area contributed by atoms with Crippen molar-refractivity contribution < 1.29 is 5.11 Å². The average molecular weight is 270 g/mol. The van der Waals surface area contributed by atoms with E-state index in [-0.39, 0.29) is 12.1 Å². The van der Waals surface area contributed by atoms with E-state index in [0.29, 0.717) is 5.92 Å². The molecular formula is C16H34N2O. The van der Waals surface area contributed by atoms with Gasteiger partial charge in [0.1, 0.15) is 0 Å². The van der Waals surface area contributed by atoms with Crippen LogP contribution in [0.1, 0.15) is 59.3 Å². The van der Waals surface area contributed by atoms with Crippen molar-refractivity contribution in [3.63, 3.8) is 0 Å². The number of nitrogens with two attached hydrogens (primary N) is 1. The van der Waals surface area contributed by atoms with E-state index in [2.05, 4.69) is 25.7 Å². The largest absolute Gasteiger partial charge is 0.396 e. The fourth-order valence-corrected chi connectivity index (χ4v) is 3.50. The molecule has 19 heavy (non-hydrogen) atoms. The highest BCUT2D eigenvalue weighted by molar-refractivity contribution is 4.96. The van der Waals surface area contributed by atoms with Gasteiger partial charge in [-0.05, 0) is 50.5 Å². The molecule has 1 unspecified atom stereocenters. The van der Waals surface area contributed by atoms with Gasteiger partial charge in [-0.15, -0.1) is 0 Å². The van der Waals surface area contributed by atoms with Crippen LogP contribution < -0.4 is 5.73 Å². The molecule has 3 heteroatoms. The summed E-state index contributed by atoms with van der Waals surface area (Å²) in [6, 6.07) is 0. The first-order valence-corrected chi connectivity index (χ1v) is 8.17. The predicted octanol–water partition coefficient (Wildman–Crippen LogP) is 2.62. The summed E-state index contributed by atoms with van der Waals surface area (Å²) in [5.74, 6) is 1.25. The summed E-state index contributed by atoms with van der Waals surface area (Å²) in [7, 11) is 0. The topological polar surface area (TPSA) is 49.5 Å². The van der Waals surface area contributed by atoms with E-state index >= 15 is 0 Å². The molecule has 0 heterocycles. The first-order valence-electron chi connectivity index (χ1n) is 8.17. The number of hydrogen-bond acceptors (Lipinski definition) is 3. The summed E-state index contributed by atoms with van der Waals surface area (Å²) < 4.78 is 0. The third-order valence-electron chi connectivity index (χ3n) is 5.00. The van der Waals surface area contributed by atoms with Gasteiger partial charge in [-0.25, -0.2) is 0 Å². The average Bonchev–Trinajstić information content (AvgIpc) is 2.46. The Labute approximate surface area is 119 Å². The van der Waals surface area contributed by atoms with Crippen LogP contribution in [0.3, 0.4) is 0 Å². The van der Waals surface area contributed by atoms with Gasteiger partial charge in [-0.3, -0.25) is 4.90 Å². The molecule has 1 fully saturated rings. The Morgan fingerprint density at radius 3 is 2.37 bits per heavy atom. The van der Waals surface area contributed by atoms with Gasteiger partial charge >= 0.3 is 0 Å². The Morgan fingerprint density at radius 1 is 1.32 bits per heavy atom. The van der Waals surface area contributed by atoms with Crippen LogP contribution in [0.4, 0.5) is 0 Å². The second-order valence-corrected chi connectivity index (χ2v) is 6.51. The highest BCUT2D eigenvalue weighted by Crippen LogP contribution is 2.37. The normalized spacial score (nSPS) is 29.7. The molecule has 0 aromatic heterocycles. The number of hydrogen-bond donors (Lipinski definition) is 2. The maximum atomic E-state index is 9.33. The smallest absolute Gasteiger partial charge is 0.0468 e. The van der Waals surface area contributed by atoms with Crippen LogP contribution in [0.5, 0.6) is 0 Å². The van der Waals surface area contributed by atoms with E-state index in [0.717, 1.165) is 32.0 Å². The third-order valence-corrected chi connectivity index (χ3v) is 5.00. The Morgan fingerprint density at radius 2 is 1.95 bits per heavy atom. The molecule has 0 radical (unpaired) electrons. The first-order chi connectivity index (χ1) is 9.11. The second-order valence-electron chi connectivity index (χ2n) is 6.51. The molecule has 3 nitrogen and oxygen atoms in total. The Hall–Kier alpha value is -0.120. The molecule has 0 aromatic rings. The number of aliphatic hydroxyl groups is 1. The van der Waals surface area contributed by atoms with Gasteiger partial charge in [0.2, 0.25) is 0 Å². The van der Waals surface area contributed by atoms with E-state index in [4.69, 9.17) is 5.73 Å². The van der Waals surface area contributed by atoms with Crippen molar-refractivity contribution in [3.05, 3.63) is 0 Å². The van der Waals surface area contributed by atoms with Gasteiger partial charge in [0, 0.05) is 25.2 Å². The Balaban J connectivity index is 2.72. The molecule has 0 aliphatic heterocycles. The van der Waals surface area contributed by atoms with Gasteiger partial charge in [0.05, 0.1) is 0 Å². The fraction of sp³-hybridized carbons (Fsp3) is 1.00. The van der Waals surface area contributed by atoms with Gasteiger partial charge in [-0.1, -0.05) is 27.2 Å². The minimum absolute atomic E-state index is 0.200. The van der Waals surface area contributed by atoms with E-state index < -0.39 is 0 Å². The van der Waals surface area contributed by atoms with Crippen molar-refractivity contribution in [2.75, 3.05) is 26.2 Å². The number of nitrogens with zero attached hydrogens (tertiary/aromatic N) is 1. The lowest BCUT2D eigenvalue weighted by molar-refractivity contribution is 0.0236. The van der Waals surface area contributed by atoms with Crippen molar-refractivity contribution >= 4 is 0 Å².